The van der Waals surface area contributed by atoms with Gasteiger partial charge in [0.2, 0.25) is 0 Å². The van der Waals surface area contributed by atoms with E-state index in [1.807, 2.05) is 12.1 Å². The maximum Gasteiger partial charge on any atom is 0.309 e. The quantitative estimate of drug-likeness (QED) is 0.848. The zero-order chi connectivity index (χ0) is 15.5. The molecule has 2 rings (SSSR count). The van der Waals surface area contributed by atoms with Crippen molar-refractivity contribution in [3.8, 4) is 5.75 Å². The molecular formula is C18H24O3. The van der Waals surface area contributed by atoms with Crippen molar-refractivity contribution in [3.63, 3.8) is 0 Å². The summed E-state index contributed by atoms with van der Waals surface area (Å²) in [6, 6.07) is 6.18. The molecule has 0 fully saturated rings. The van der Waals surface area contributed by atoms with Crippen LogP contribution in [-0.4, -0.2) is 18.2 Å². The minimum Gasteiger partial charge on any atom is -0.496 e. The third kappa shape index (κ3) is 3.46. The average Bonchev–Trinajstić information content (AvgIpc) is 2.46. The van der Waals surface area contributed by atoms with Crippen molar-refractivity contribution < 1.29 is 14.6 Å². The molecular weight excluding hydrogens is 264 g/mol. The number of carboxylic acid groups (broad SMARTS) is 1. The molecule has 0 spiro atoms. The van der Waals surface area contributed by atoms with Gasteiger partial charge < -0.3 is 9.84 Å². The van der Waals surface area contributed by atoms with E-state index in [1.54, 1.807) is 21.0 Å². The standard InChI is InChI=1S/C18H24O3/c1-18(2,17(19)20)12-6-8-13-7-4-10-15-14(13)9-5-11-16(15)21-3/h5,7,9,11H,4,6,8,10,12H2,1-3H3,(H,19,20). The first kappa shape index (κ1) is 15.6. The van der Waals surface area contributed by atoms with E-state index in [4.69, 9.17) is 4.74 Å². The van der Waals surface area contributed by atoms with E-state index in [9.17, 15) is 9.90 Å². The molecule has 1 aromatic rings. The number of carbonyl (C=O) groups is 1. The lowest BCUT2D eigenvalue weighted by atomic mass is 9.83. The summed E-state index contributed by atoms with van der Waals surface area (Å²) in [5.74, 6) is 0.242. The fourth-order valence-corrected chi connectivity index (χ4v) is 2.88. The summed E-state index contributed by atoms with van der Waals surface area (Å²) in [5.41, 5.74) is 3.24. The first-order valence-electron chi connectivity index (χ1n) is 7.54. The lowest BCUT2D eigenvalue weighted by molar-refractivity contribution is -0.147. The van der Waals surface area contributed by atoms with Gasteiger partial charge in [-0.15, -0.1) is 0 Å². The van der Waals surface area contributed by atoms with Gasteiger partial charge >= 0.3 is 5.97 Å². The van der Waals surface area contributed by atoms with Gasteiger partial charge in [0.25, 0.3) is 0 Å². The highest BCUT2D eigenvalue weighted by Gasteiger charge is 2.26. The maximum absolute atomic E-state index is 11.2. The molecule has 0 saturated heterocycles. The van der Waals surface area contributed by atoms with Gasteiger partial charge in [-0.25, -0.2) is 0 Å². The van der Waals surface area contributed by atoms with Gasteiger partial charge in [0.1, 0.15) is 5.75 Å². The molecule has 3 nitrogen and oxygen atoms in total. The first-order valence-corrected chi connectivity index (χ1v) is 7.54. The summed E-state index contributed by atoms with van der Waals surface area (Å²) in [6.45, 7) is 3.59. The number of methoxy groups -OCH3 is 1. The number of hydrogen-bond donors (Lipinski definition) is 1. The molecule has 1 aliphatic carbocycles. The highest BCUT2D eigenvalue weighted by molar-refractivity contribution is 5.74. The molecule has 1 aromatic carbocycles. The Kier molecular flexibility index (Phi) is 4.71. The van der Waals surface area contributed by atoms with Gasteiger partial charge in [-0.05, 0) is 63.2 Å². The van der Waals surface area contributed by atoms with E-state index in [2.05, 4.69) is 12.1 Å². The normalized spacial score (nSPS) is 14.3. The van der Waals surface area contributed by atoms with Crippen LogP contribution in [-0.2, 0) is 11.2 Å². The Balaban J connectivity index is 2.07. The van der Waals surface area contributed by atoms with Crippen LogP contribution in [0.3, 0.4) is 0 Å². The summed E-state index contributed by atoms with van der Waals surface area (Å²) in [7, 11) is 1.71. The predicted octanol–water partition coefficient (Wildman–Crippen LogP) is 4.31. The lowest BCUT2D eigenvalue weighted by Gasteiger charge is -2.22. The van der Waals surface area contributed by atoms with Crippen molar-refractivity contribution >= 4 is 11.5 Å². The van der Waals surface area contributed by atoms with Crippen LogP contribution in [0.4, 0.5) is 0 Å². The van der Waals surface area contributed by atoms with Gasteiger partial charge in [0.15, 0.2) is 0 Å². The molecule has 0 aliphatic heterocycles. The summed E-state index contributed by atoms with van der Waals surface area (Å²) in [4.78, 5) is 11.2. The molecule has 0 radical (unpaired) electrons. The number of carboxylic acids is 1. The van der Waals surface area contributed by atoms with Crippen LogP contribution in [0.1, 0.15) is 50.7 Å². The predicted molar refractivity (Wildman–Crippen MR) is 84.6 cm³/mol. The average molecular weight is 288 g/mol. The fourth-order valence-electron chi connectivity index (χ4n) is 2.88. The van der Waals surface area contributed by atoms with Crippen molar-refractivity contribution in [1.29, 1.82) is 0 Å². The Morgan fingerprint density at radius 1 is 1.38 bits per heavy atom. The Morgan fingerprint density at radius 3 is 2.81 bits per heavy atom. The number of aliphatic carboxylic acids is 1. The van der Waals surface area contributed by atoms with Crippen LogP contribution in [0.5, 0.6) is 5.75 Å². The van der Waals surface area contributed by atoms with Crippen molar-refractivity contribution in [2.45, 2.75) is 46.0 Å². The summed E-state index contributed by atoms with van der Waals surface area (Å²) < 4.78 is 5.45. The summed E-state index contributed by atoms with van der Waals surface area (Å²) >= 11 is 0. The van der Waals surface area contributed by atoms with Gasteiger partial charge in [0, 0.05) is 5.56 Å². The largest absolute Gasteiger partial charge is 0.496 e. The first-order chi connectivity index (χ1) is 9.95. The zero-order valence-electron chi connectivity index (χ0n) is 13.1. The SMILES string of the molecule is COc1cccc2c1CCC=C2CCCC(C)(C)C(=O)O. The molecule has 0 saturated carbocycles. The van der Waals surface area contributed by atoms with Crippen LogP contribution in [0, 0.1) is 5.41 Å². The Bertz CT molecular complexity index is 556. The van der Waals surface area contributed by atoms with Crippen LogP contribution in [0.15, 0.2) is 24.3 Å². The Labute approximate surface area is 126 Å². The number of fused-ring (bicyclic) bond motifs is 1. The summed E-state index contributed by atoms with van der Waals surface area (Å²) in [6.07, 6.45) is 6.85. The second-order valence-electron chi connectivity index (χ2n) is 6.30. The van der Waals surface area contributed by atoms with Crippen molar-refractivity contribution in [2.75, 3.05) is 7.11 Å². The topological polar surface area (TPSA) is 46.5 Å². The van der Waals surface area contributed by atoms with Crippen LogP contribution < -0.4 is 4.74 Å². The second-order valence-corrected chi connectivity index (χ2v) is 6.30. The molecule has 1 aliphatic rings. The number of allylic oxidation sites excluding steroid dienone is 2. The van der Waals surface area contributed by atoms with E-state index in [0.29, 0.717) is 6.42 Å². The Morgan fingerprint density at radius 2 is 2.14 bits per heavy atom. The third-order valence-corrected chi connectivity index (χ3v) is 4.31. The van der Waals surface area contributed by atoms with Gasteiger partial charge in [-0.3, -0.25) is 4.79 Å². The van der Waals surface area contributed by atoms with E-state index < -0.39 is 11.4 Å². The molecule has 0 atom stereocenters. The monoisotopic (exact) mass is 288 g/mol. The molecule has 0 heterocycles. The molecule has 1 N–H and O–H groups in total. The lowest BCUT2D eigenvalue weighted by Crippen LogP contribution is -2.23. The zero-order valence-corrected chi connectivity index (χ0v) is 13.1. The van der Waals surface area contributed by atoms with Crippen molar-refractivity contribution in [2.24, 2.45) is 5.41 Å². The molecule has 0 aromatic heterocycles. The minimum absolute atomic E-state index is 0.646. The summed E-state index contributed by atoms with van der Waals surface area (Å²) in [5, 5.41) is 9.17. The number of rotatable bonds is 6. The maximum atomic E-state index is 11.2. The fraction of sp³-hybridized carbons (Fsp3) is 0.500. The highest BCUT2D eigenvalue weighted by Crippen LogP contribution is 2.36. The number of hydrogen-bond acceptors (Lipinski definition) is 2. The molecule has 21 heavy (non-hydrogen) atoms. The molecule has 0 unspecified atom stereocenters. The second kappa shape index (κ2) is 6.33. The molecule has 0 amide bonds. The van der Waals surface area contributed by atoms with Gasteiger partial charge in [0.05, 0.1) is 12.5 Å². The van der Waals surface area contributed by atoms with Crippen LogP contribution in [0.25, 0.3) is 5.57 Å². The van der Waals surface area contributed by atoms with E-state index in [0.717, 1.165) is 31.4 Å². The Hall–Kier alpha value is -1.77. The molecule has 3 heteroatoms. The van der Waals surface area contributed by atoms with Crippen LogP contribution in [0.2, 0.25) is 0 Å². The third-order valence-electron chi connectivity index (χ3n) is 4.31. The number of ether oxygens (including phenoxy) is 1. The minimum atomic E-state index is -0.720. The van der Waals surface area contributed by atoms with E-state index in [-0.39, 0.29) is 0 Å². The van der Waals surface area contributed by atoms with Gasteiger partial charge in [-0.1, -0.05) is 18.2 Å². The van der Waals surface area contributed by atoms with Crippen molar-refractivity contribution in [3.05, 3.63) is 35.4 Å². The van der Waals surface area contributed by atoms with Gasteiger partial charge in [-0.2, -0.15) is 0 Å². The van der Waals surface area contributed by atoms with Crippen LogP contribution >= 0.6 is 0 Å². The van der Waals surface area contributed by atoms with Crippen molar-refractivity contribution in [1.82, 2.24) is 0 Å². The van der Waals surface area contributed by atoms with E-state index in [1.165, 1.54) is 16.7 Å². The van der Waals surface area contributed by atoms with E-state index >= 15 is 0 Å². The molecule has 114 valence electrons. The smallest absolute Gasteiger partial charge is 0.309 e. The molecule has 0 bridgehead atoms. The number of benzene rings is 1. The highest BCUT2D eigenvalue weighted by atomic mass is 16.5.